The van der Waals surface area contributed by atoms with Crippen molar-refractivity contribution < 1.29 is 34.5 Å². The summed E-state index contributed by atoms with van der Waals surface area (Å²) in [4.78, 5) is 54.6. The number of aliphatic carboxylic acids is 1. The van der Waals surface area contributed by atoms with Gasteiger partial charge in [0.1, 0.15) is 29.6 Å². The number of carbonyl (C=O) groups is 4. The van der Waals surface area contributed by atoms with Crippen LogP contribution in [0.15, 0.2) is 79.0 Å². The molecule has 0 aliphatic carbocycles. The second-order valence-electron chi connectivity index (χ2n) is 10.6. The molecule has 0 fully saturated rings. The maximum Gasteiger partial charge on any atom is 0.326 e. The lowest BCUT2D eigenvalue weighted by molar-refractivity contribution is -0.142. The molecule has 1 aromatic heterocycles. The summed E-state index contributed by atoms with van der Waals surface area (Å²) in [5.41, 5.74) is 8.87. The summed E-state index contributed by atoms with van der Waals surface area (Å²) in [6, 6.07) is 15.1. The van der Waals surface area contributed by atoms with E-state index in [1.54, 1.807) is 30.5 Å². The number of benzene rings is 3. The number of carbonyl (C=O) groups excluding carboxylic acids is 3. The predicted molar refractivity (Wildman–Crippen MR) is 163 cm³/mol. The molecule has 12 nitrogen and oxygen atoms in total. The van der Waals surface area contributed by atoms with Crippen LogP contribution in [-0.4, -0.2) is 68.2 Å². The summed E-state index contributed by atoms with van der Waals surface area (Å²) in [6.07, 6.45) is 1.84. The Morgan fingerprint density at radius 1 is 0.727 bits per heavy atom. The van der Waals surface area contributed by atoms with Crippen molar-refractivity contribution in [1.29, 1.82) is 0 Å². The summed E-state index contributed by atoms with van der Waals surface area (Å²) < 4.78 is 0. The molecule has 0 radical (unpaired) electrons. The zero-order chi connectivity index (χ0) is 31.8. The standard InChI is InChI=1S/C32H35N5O7/c1-18(35-30(41)25(33)14-19-6-10-22(38)11-7-19)29(40)36-27(15-20-8-12-23(39)13-9-20)31(42)37-28(32(43)44)16-21-17-34-26-5-3-2-4-24(21)26/h2-13,17-18,25,27-28,34,38-39H,14-16,33H2,1H3,(H,35,41)(H,36,40)(H,37,42)(H,43,44). The first-order chi connectivity index (χ1) is 21.0. The highest BCUT2D eigenvalue weighted by Crippen LogP contribution is 2.19. The normalized spacial score (nSPS) is 13.8. The number of amides is 3. The fourth-order valence-electron chi connectivity index (χ4n) is 4.73. The number of hydrogen-bond acceptors (Lipinski definition) is 7. The van der Waals surface area contributed by atoms with Gasteiger partial charge in [0.25, 0.3) is 0 Å². The van der Waals surface area contributed by atoms with E-state index in [2.05, 4.69) is 20.9 Å². The molecule has 230 valence electrons. The molecule has 0 aliphatic rings. The molecule has 12 heteroatoms. The third-order valence-corrected chi connectivity index (χ3v) is 7.20. The molecule has 0 saturated carbocycles. The van der Waals surface area contributed by atoms with Gasteiger partial charge in [-0.25, -0.2) is 4.79 Å². The molecule has 0 bridgehead atoms. The van der Waals surface area contributed by atoms with E-state index in [9.17, 15) is 34.5 Å². The Hall–Kier alpha value is -5.36. The number of para-hydroxylation sites is 1. The summed E-state index contributed by atoms with van der Waals surface area (Å²) >= 11 is 0. The second-order valence-corrected chi connectivity index (χ2v) is 10.6. The Morgan fingerprint density at radius 3 is 1.91 bits per heavy atom. The number of carboxylic acids is 1. The summed E-state index contributed by atoms with van der Waals surface area (Å²) in [6.45, 7) is 1.44. The van der Waals surface area contributed by atoms with E-state index >= 15 is 0 Å². The van der Waals surface area contributed by atoms with Crippen molar-refractivity contribution in [1.82, 2.24) is 20.9 Å². The Bertz CT molecular complexity index is 1620. The van der Waals surface area contributed by atoms with Crippen molar-refractivity contribution in [3.05, 3.63) is 95.7 Å². The van der Waals surface area contributed by atoms with Crippen molar-refractivity contribution >= 4 is 34.6 Å². The molecular formula is C32H35N5O7. The van der Waals surface area contributed by atoms with Gasteiger partial charge in [0.05, 0.1) is 6.04 Å². The Labute approximate surface area is 253 Å². The highest BCUT2D eigenvalue weighted by molar-refractivity contribution is 5.94. The molecule has 0 aliphatic heterocycles. The number of carboxylic acid groups (broad SMARTS) is 1. The number of nitrogens with two attached hydrogens (primary N) is 1. The van der Waals surface area contributed by atoms with Crippen molar-refractivity contribution in [2.45, 2.75) is 50.4 Å². The van der Waals surface area contributed by atoms with E-state index < -0.39 is 47.9 Å². The van der Waals surface area contributed by atoms with E-state index in [1.165, 1.54) is 31.2 Å². The fraction of sp³-hybridized carbons (Fsp3) is 0.250. The van der Waals surface area contributed by atoms with E-state index in [0.717, 1.165) is 10.9 Å². The lowest BCUT2D eigenvalue weighted by Gasteiger charge is -2.24. The van der Waals surface area contributed by atoms with Gasteiger partial charge in [0.2, 0.25) is 17.7 Å². The molecule has 0 saturated heterocycles. The van der Waals surface area contributed by atoms with Gasteiger partial charge in [-0.2, -0.15) is 0 Å². The first-order valence-electron chi connectivity index (χ1n) is 14.0. The molecule has 44 heavy (non-hydrogen) atoms. The summed E-state index contributed by atoms with van der Waals surface area (Å²) in [7, 11) is 0. The maximum absolute atomic E-state index is 13.5. The number of aromatic nitrogens is 1. The number of hydrogen-bond donors (Lipinski definition) is 8. The largest absolute Gasteiger partial charge is 0.508 e. The minimum absolute atomic E-state index is 0.00363. The van der Waals surface area contributed by atoms with Crippen molar-refractivity contribution in [2.75, 3.05) is 0 Å². The summed E-state index contributed by atoms with van der Waals surface area (Å²) in [5, 5.41) is 37.6. The number of rotatable bonds is 13. The zero-order valence-corrected chi connectivity index (χ0v) is 24.0. The molecule has 4 atom stereocenters. The highest BCUT2D eigenvalue weighted by atomic mass is 16.4. The van der Waals surface area contributed by atoms with Crippen LogP contribution in [-0.2, 0) is 38.4 Å². The molecule has 4 aromatic rings. The van der Waals surface area contributed by atoms with Crippen LogP contribution in [0.2, 0.25) is 0 Å². The quantitative estimate of drug-likeness (QED) is 0.112. The van der Waals surface area contributed by atoms with Crippen LogP contribution < -0.4 is 21.7 Å². The van der Waals surface area contributed by atoms with Gasteiger partial charge < -0.3 is 42.0 Å². The fourth-order valence-corrected chi connectivity index (χ4v) is 4.73. The third-order valence-electron chi connectivity index (χ3n) is 7.20. The predicted octanol–water partition coefficient (Wildman–Crippen LogP) is 1.49. The third kappa shape index (κ3) is 8.35. The molecular weight excluding hydrogens is 566 g/mol. The zero-order valence-electron chi connectivity index (χ0n) is 24.0. The van der Waals surface area contributed by atoms with Gasteiger partial charge in [-0.05, 0) is 60.4 Å². The van der Waals surface area contributed by atoms with E-state index in [4.69, 9.17) is 5.73 Å². The van der Waals surface area contributed by atoms with Crippen molar-refractivity contribution in [2.24, 2.45) is 5.73 Å². The van der Waals surface area contributed by atoms with Crippen LogP contribution in [0.3, 0.4) is 0 Å². The van der Waals surface area contributed by atoms with Gasteiger partial charge in [-0.1, -0.05) is 42.5 Å². The average molecular weight is 602 g/mol. The van der Waals surface area contributed by atoms with E-state index in [0.29, 0.717) is 16.7 Å². The lowest BCUT2D eigenvalue weighted by Crippen LogP contribution is -2.57. The molecule has 0 spiro atoms. The highest BCUT2D eigenvalue weighted by Gasteiger charge is 2.29. The molecule has 4 unspecified atom stereocenters. The smallest absolute Gasteiger partial charge is 0.326 e. The topological polar surface area (TPSA) is 207 Å². The lowest BCUT2D eigenvalue weighted by atomic mass is 10.0. The van der Waals surface area contributed by atoms with Crippen molar-refractivity contribution in [3.8, 4) is 11.5 Å². The first-order valence-corrected chi connectivity index (χ1v) is 14.0. The Balaban J connectivity index is 1.44. The minimum Gasteiger partial charge on any atom is -0.508 e. The number of H-pyrrole nitrogens is 1. The van der Waals surface area contributed by atoms with Crippen LogP contribution in [0.25, 0.3) is 10.9 Å². The van der Waals surface area contributed by atoms with Crippen LogP contribution in [0.5, 0.6) is 11.5 Å². The van der Waals surface area contributed by atoms with Gasteiger partial charge in [0.15, 0.2) is 0 Å². The molecule has 3 amide bonds. The number of phenolic OH excluding ortho intramolecular Hbond substituents is 2. The number of fused-ring (bicyclic) bond motifs is 1. The first kappa shape index (κ1) is 31.6. The van der Waals surface area contributed by atoms with Gasteiger partial charge in [-0.3, -0.25) is 14.4 Å². The van der Waals surface area contributed by atoms with Crippen LogP contribution >= 0.6 is 0 Å². The van der Waals surface area contributed by atoms with Crippen LogP contribution in [0.4, 0.5) is 0 Å². The second kappa shape index (κ2) is 14.2. The number of nitrogens with one attached hydrogen (secondary N) is 4. The van der Waals surface area contributed by atoms with Crippen LogP contribution in [0.1, 0.15) is 23.6 Å². The molecule has 3 aromatic carbocycles. The number of aromatic hydroxyl groups is 2. The maximum atomic E-state index is 13.5. The van der Waals surface area contributed by atoms with E-state index in [1.807, 2.05) is 24.3 Å². The van der Waals surface area contributed by atoms with Crippen LogP contribution in [0, 0.1) is 0 Å². The minimum atomic E-state index is -1.30. The Kier molecular flexibility index (Phi) is 10.2. The molecule has 9 N–H and O–H groups in total. The molecule has 4 rings (SSSR count). The van der Waals surface area contributed by atoms with E-state index in [-0.39, 0.29) is 30.8 Å². The van der Waals surface area contributed by atoms with Gasteiger partial charge in [-0.15, -0.1) is 0 Å². The number of aromatic amines is 1. The number of phenols is 2. The van der Waals surface area contributed by atoms with Gasteiger partial charge >= 0.3 is 5.97 Å². The average Bonchev–Trinajstić information content (AvgIpc) is 3.41. The van der Waals surface area contributed by atoms with Crippen molar-refractivity contribution in [3.63, 3.8) is 0 Å². The SMILES string of the molecule is CC(NC(=O)C(N)Cc1ccc(O)cc1)C(=O)NC(Cc1ccc(O)cc1)C(=O)NC(Cc1c[nH]c2ccccc12)C(=O)O. The Morgan fingerprint density at radius 2 is 1.30 bits per heavy atom. The summed E-state index contributed by atoms with van der Waals surface area (Å²) in [5.74, 6) is -3.16. The van der Waals surface area contributed by atoms with Gasteiger partial charge in [0, 0.05) is 29.9 Å². The molecule has 1 heterocycles. The monoisotopic (exact) mass is 601 g/mol.